The predicted molar refractivity (Wildman–Crippen MR) is 85.5 cm³/mol. The number of nitrogens with zero attached hydrogens (tertiary/aromatic N) is 2. The minimum Gasteiger partial charge on any atom is -0.373 e. The number of hydrogen-bond acceptors (Lipinski definition) is 4. The van der Waals surface area contributed by atoms with Crippen molar-refractivity contribution in [2.75, 3.05) is 19.8 Å². The number of imide groups is 1. The summed E-state index contributed by atoms with van der Waals surface area (Å²) in [6.07, 6.45) is 0.00388. The molecular formula is C17H21F2N3O3. The number of amides is 3. The molecule has 8 heteroatoms. The molecule has 2 saturated heterocycles. The summed E-state index contributed by atoms with van der Waals surface area (Å²) in [5, 5.41) is 2.60. The standard InChI is InChI=1S/C17H21F2N3O3/c1-10-7-21(8-11(2)25-10)9-22-15(23)17(3,20-16(22)24)12-4-5-13(18)14(19)6-12/h4-6,10-11H,7-9H2,1-3H3,(H,20,24)/t10-,11-,17-/m1/s1. The molecule has 2 aliphatic rings. The smallest absolute Gasteiger partial charge is 0.326 e. The fourth-order valence-corrected chi connectivity index (χ4v) is 3.43. The van der Waals surface area contributed by atoms with Crippen molar-refractivity contribution in [3.8, 4) is 0 Å². The lowest BCUT2D eigenvalue weighted by atomic mass is 9.92. The number of ether oxygens (including phenoxy) is 1. The Morgan fingerprint density at radius 1 is 1.20 bits per heavy atom. The van der Waals surface area contributed by atoms with Gasteiger partial charge in [-0.3, -0.25) is 9.69 Å². The molecule has 1 aromatic rings. The van der Waals surface area contributed by atoms with Gasteiger partial charge in [0.15, 0.2) is 11.6 Å². The van der Waals surface area contributed by atoms with Gasteiger partial charge in [-0.1, -0.05) is 6.07 Å². The van der Waals surface area contributed by atoms with E-state index in [1.165, 1.54) is 13.0 Å². The average molecular weight is 353 g/mol. The number of rotatable bonds is 3. The van der Waals surface area contributed by atoms with Crippen molar-refractivity contribution >= 4 is 11.9 Å². The second-order valence-electron chi connectivity index (χ2n) is 6.85. The molecule has 0 bridgehead atoms. The number of carbonyl (C=O) groups is 2. The summed E-state index contributed by atoms with van der Waals surface area (Å²) in [6, 6.07) is 2.64. The first-order valence-electron chi connectivity index (χ1n) is 8.18. The van der Waals surface area contributed by atoms with Crippen LogP contribution in [0.2, 0.25) is 0 Å². The average Bonchev–Trinajstić information content (AvgIpc) is 2.73. The first kappa shape index (κ1) is 17.8. The van der Waals surface area contributed by atoms with Gasteiger partial charge in [-0.2, -0.15) is 0 Å². The largest absolute Gasteiger partial charge is 0.373 e. The molecule has 0 unspecified atom stereocenters. The molecule has 0 aromatic heterocycles. The number of benzene rings is 1. The Hall–Kier alpha value is -2.06. The Bertz CT molecular complexity index is 704. The molecule has 2 heterocycles. The lowest BCUT2D eigenvalue weighted by molar-refractivity contribution is -0.135. The van der Waals surface area contributed by atoms with Crippen molar-refractivity contribution in [2.45, 2.75) is 38.5 Å². The zero-order valence-corrected chi connectivity index (χ0v) is 14.4. The van der Waals surface area contributed by atoms with Gasteiger partial charge in [-0.05, 0) is 38.5 Å². The molecule has 136 valence electrons. The van der Waals surface area contributed by atoms with Crippen molar-refractivity contribution in [3.05, 3.63) is 35.4 Å². The maximum Gasteiger partial charge on any atom is 0.326 e. The van der Waals surface area contributed by atoms with E-state index in [1.807, 2.05) is 18.7 Å². The fourth-order valence-electron chi connectivity index (χ4n) is 3.43. The monoisotopic (exact) mass is 353 g/mol. The molecule has 0 spiro atoms. The minimum atomic E-state index is -1.42. The molecule has 6 nitrogen and oxygen atoms in total. The first-order chi connectivity index (χ1) is 11.7. The first-order valence-corrected chi connectivity index (χ1v) is 8.18. The van der Waals surface area contributed by atoms with Gasteiger partial charge < -0.3 is 10.1 Å². The molecule has 3 amide bonds. The van der Waals surface area contributed by atoms with Crippen molar-refractivity contribution in [2.24, 2.45) is 0 Å². The maximum atomic E-state index is 13.5. The second kappa shape index (κ2) is 6.34. The summed E-state index contributed by atoms with van der Waals surface area (Å²) in [4.78, 5) is 28.2. The van der Waals surface area contributed by atoms with Crippen LogP contribution in [0.3, 0.4) is 0 Å². The number of carbonyl (C=O) groups excluding carboxylic acids is 2. The number of urea groups is 1. The van der Waals surface area contributed by atoms with Crippen LogP contribution in [-0.4, -0.2) is 53.7 Å². The Morgan fingerprint density at radius 3 is 2.44 bits per heavy atom. The van der Waals surface area contributed by atoms with E-state index in [4.69, 9.17) is 4.74 Å². The van der Waals surface area contributed by atoms with E-state index in [2.05, 4.69) is 5.32 Å². The quantitative estimate of drug-likeness (QED) is 0.842. The summed E-state index contributed by atoms with van der Waals surface area (Å²) >= 11 is 0. The van der Waals surface area contributed by atoms with Gasteiger partial charge in [0, 0.05) is 13.1 Å². The molecule has 3 atom stereocenters. The molecule has 1 aromatic carbocycles. The highest BCUT2D eigenvalue weighted by molar-refractivity contribution is 6.07. The van der Waals surface area contributed by atoms with Crippen LogP contribution < -0.4 is 5.32 Å². The van der Waals surface area contributed by atoms with Crippen molar-refractivity contribution in [1.29, 1.82) is 0 Å². The highest BCUT2D eigenvalue weighted by Gasteiger charge is 2.49. The van der Waals surface area contributed by atoms with Gasteiger partial charge in [0.1, 0.15) is 5.54 Å². The third-order valence-electron chi connectivity index (χ3n) is 4.61. The minimum absolute atomic E-state index is 0.00194. The Kier molecular flexibility index (Phi) is 4.51. The third-order valence-corrected chi connectivity index (χ3v) is 4.61. The van der Waals surface area contributed by atoms with E-state index in [-0.39, 0.29) is 24.4 Å². The second-order valence-corrected chi connectivity index (χ2v) is 6.85. The lowest BCUT2D eigenvalue weighted by Crippen LogP contribution is -2.51. The van der Waals surface area contributed by atoms with Crippen LogP contribution >= 0.6 is 0 Å². The summed E-state index contributed by atoms with van der Waals surface area (Å²) in [5.41, 5.74) is -1.22. The summed E-state index contributed by atoms with van der Waals surface area (Å²) < 4.78 is 32.4. The van der Waals surface area contributed by atoms with Crippen LogP contribution in [0, 0.1) is 11.6 Å². The van der Waals surface area contributed by atoms with E-state index in [1.54, 1.807) is 0 Å². The fraction of sp³-hybridized carbons (Fsp3) is 0.529. The Balaban J connectivity index is 1.80. The van der Waals surface area contributed by atoms with Gasteiger partial charge >= 0.3 is 6.03 Å². The number of morpholine rings is 1. The van der Waals surface area contributed by atoms with E-state index in [0.717, 1.165) is 17.0 Å². The van der Waals surface area contributed by atoms with E-state index >= 15 is 0 Å². The topological polar surface area (TPSA) is 61.9 Å². The Labute approximate surface area is 144 Å². The van der Waals surface area contributed by atoms with E-state index < -0.39 is 29.1 Å². The van der Waals surface area contributed by atoms with Crippen LogP contribution in [0.4, 0.5) is 13.6 Å². The molecule has 0 aliphatic carbocycles. The number of hydrogen-bond donors (Lipinski definition) is 1. The highest BCUT2D eigenvalue weighted by Crippen LogP contribution is 2.30. The van der Waals surface area contributed by atoms with Crippen molar-refractivity contribution in [1.82, 2.24) is 15.1 Å². The van der Waals surface area contributed by atoms with Crippen molar-refractivity contribution < 1.29 is 23.1 Å². The summed E-state index contributed by atoms with van der Waals surface area (Å²) in [5.74, 6) is -2.55. The normalized spacial score (nSPS) is 30.7. The predicted octanol–water partition coefficient (Wildman–Crippen LogP) is 1.80. The zero-order valence-electron chi connectivity index (χ0n) is 14.4. The number of halogens is 2. The van der Waals surface area contributed by atoms with Crippen LogP contribution in [0.15, 0.2) is 18.2 Å². The Morgan fingerprint density at radius 2 is 1.84 bits per heavy atom. The van der Waals surface area contributed by atoms with Crippen LogP contribution in [0.25, 0.3) is 0 Å². The van der Waals surface area contributed by atoms with Crippen LogP contribution in [-0.2, 0) is 15.1 Å². The maximum absolute atomic E-state index is 13.5. The molecule has 2 fully saturated rings. The van der Waals surface area contributed by atoms with Gasteiger partial charge in [-0.25, -0.2) is 18.5 Å². The zero-order chi connectivity index (χ0) is 18.4. The van der Waals surface area contributed by atoms with Gasteiger partial charge in [0.25, 0.3) is 5.91 Å². The molecule has 1 N–H and O–H groups in total. The van der Waals surface area contributed by atoms with Crippen LogP contribution in [0.5, 0.6) is 0 Å². The van der Waals surface area contributed by atoms with Gasteiger partial charge in [0.05, 0.1) is 18.9 Å². The summed E-state index contributed by atoms with van der Waals surface area (Å²) in [7, 11) is 0. The molecule has 0 saturated carbocycles. The van der Waals surface area contributed by atoms with E-state index in [0.29, 0.717) is 13.1 Å². The molecule has 3 rings (SSSR count). The van der Waals surface area contributed by atoms with Crippen molar-refractivity contribution in [3.63, 3.8) is 0 Å². The molecule has 0 radical (unpaired) electrons. The molecule has 2 aliphatic heterocycles. The third kappa shape index (κ3) is 3.23. The molecular weight excluding hydrogens is 332 g/mol. The SMILES string of the molecule is C[C@@H]1CN(CN2C(=O)N[C@](C)(c3ccc(F)c(F)c3)C2=O)C[C@@H](C)O1. The summed E-state index contributed by atoms with van der Waals surface area (Å²) in [6.45, 7) is 6.68. The van der Waals surface area contributed by atoms with Gasteiger partial charge in [-0.15, -0.1) is 0 Å². The van der Waals surface area contributed by atoms with Gasteiger partial charge in [0.2, 0.25) is 0 Å². The highest BCUT2D eigenvalue weighted by atomic mass is 19.2. The number of nitrogens with one attached hydrogen (secondary N) is 1. The lowest BCUT2D eigenvalue weighted by Gasteiger charge is -2.36. The molecule has 25 heavy (non-hydrogen) atoms. The van der Waals surface area contributed by atoms with Crippen LogP contribution in [0.1, 0.15) is 26.3 Å². The van der Waals surface area contributed by atoms with E-state index in [9.17, 15) is 18.4 Å².